The molecular formula is C19H26N2O. The average molecular weight is 298 g/mol. The van der Waals surface area contributed by atoms with Gasteiger partial charge in [-0.3, -0.25) is 4.90 Å². The predicted octanol–water partition coefficient (Wildman–Crippen LogP) is 3.59. The second kappa shape index (κ2) is 7.12. The van der Waals surface area contributed by atoms with Crippen LogP contribution in [0.2, 0.25) is 0 Å². The van der Waals surface area contributed by atoms with Crippen molar-refractivity contribution < 1.29 is 4.74 Å². The minimum absolute atomic E-state index is 0.426. The third-order valence-corrected chi connectivity index (χ3v) is 4.54. The van der Waals surface area contributed by atoms with E-state index in [0.717, 1.165) is 38.3 Å². The van der Waals surface area contributed by atoms with Crippen molar-refractivity contribution in [1.29, 1.82) is 0 Å². The minimum atomic E-state index is 0.426. The van der Waals surface area contributed by atoms with Gasteiger partial charge in [0.05, 0.1) is 6.61 Å². The van der Waals surface area contributed by atoms with E-state index >= 15 is 0 Å². The Morgan fingerprint density at radius 3 is 2.59 bits per heavy atom. The second-order valence-electron chi connectivity index (χ2n) is 5.84. The largest absolute Gasteiger partial charge is 0.494 e. The molecule has 3 nitrogen and oxygen atoms in total. The van der Waals surface area contributed by atoms with Crippen molar-refractivity contribution in [3.8, 4) is 5.75 Å². The number of nitrogens with one attached hydrogen (secondary N) is 1. The Labute approximate surface area is 133 Å². The molecule has 0 aromatic heterocycles. The number of benzene rings is 2. The molecule has 2 aromatic rings. The zero-order valence-corrected chi connectivity index (χ0v) is 13.6. The fourth-order valence-electron chi connectivity index (χ4n) is 3.54. The molecule has 0 saturated carbocycles. The highest BCUT2D eigenvalue weighted by atomic mass is 16.5. The normalized spacial score (nSPS) is 17.5. The van der Waals surface area contributed by atoms with E-state index in [1.165, 1.54) is 16.3 Å². The van der Waals surface area contributed by atoms with Gasteiger partial charge in [-0.1, -0.05) is 37.3 Å². The molecule has 1 fully saturated rings. The summed E-state index contributed by atoms with van der Waals surface area (Å²) in [5, 5.41) is 6.08. The zero-order chi connectivity index (χ0) is 15.4. The summed E-state index contributed by atoms with van der Waals surface area (Å²) in [6.45, 7) is 9.41. The molecule has 1 heterocycles. The maximum atomic E-state index is 5.98. The molecular weight excluding hydrogens is 272 g/mol. The molecule has 1 aliphatic rings. The second-order valence-corrected chi connectivity index (χ2v) is 5.84. The Hall–Kier alpha value is -1.58. The van der Waals surface area contributed by atoms with Gasteiger partial charge >= 0.3 is 0 Å². The Bertz CT molecular complexity index is 620. The SMILES string of the molecule is CCOc1ccc2ccccc2c1[C@@H](CC)N1CCNCC1. The standard InChI is InChI=1S/C19H26N2O/c1-3-17(21-13-11-20-12-14-21)19-16-8-6-5-7-15(16)9-10-18(19)22-4-2/h5-10,17,20H,3-4,11-14H2,1-2H3/t17-/m1/s1. The Kier molecular flexibility index (Phi) is 4.96. The summed E-state index contributed by atoms with van der Waals surface area (Å²) < 4.78 is 5.98. The molecule has 3 heteroatoms. The molecule has 3 rings (SSSR count). The van der Waals surface area contributed by atoms with Gasteiger partial charge in [-0.25, -0.2) is 0 Å². The Morgan fingerprint density at radius 1 is 1.09 bits per heavy atom. The predicted molar refractivity (Wildman–Crippen MR) is 92.6 cm³/mol. The quantitative estimate of drug-likeness (QED) is 0.913. The summed E-state index contributed by atoms with van der Waals surface area (Å²) in [5.41, 5.74) is 1.37. The van der Waals surface area contributed by atoms with Crippen LogP contribution in [0.5, 0.6) is 5.75 Å². The third kappa shape index (κ3) is 2.96. The first-order chi connectivity index (χ1) is 10.8. The lowest BCUT2D eigenvalue weighted by molar-refractivity contribution is 0.166. The van der Waals surface area contributed by atoms with Gasteiger partial charge in [0, 0.05) is 37.8 Å². The van der Waals surface area contributed by atoms with Crippen molar-refractivity contribution in [3.63, 3.8) is 0 Å². The van der Waals surface area contributed by atoms with E-state index in [9.17, 15) is 0 Å². The van der Waals surface area contributed by atoms with Crippen LogP contribution in [0.4, 0.5) is 0 Å². The fraction of sp³-hybridized carbons (Fsp3) is 0.474. The molecule has 0 radical (unpaired) electrons. The van der Waals surface area contributed by atoms with Gasteiger partial charge in [0.2, 0.25) is 0 Å². The van der Waals surface area contributed by atoms with E-state index in [1.807, 2.05) is 0 Å². The van der Waals surface area contributed by atoms with Gasteiger partial charge in [0.1, 0.15) is 5.75 Å². The van der Waals surface area contributed by atoms with E-state index < -0.39 is 0 Å². The van der Waals surface area contributed by atoms with Crippen LogP contribution in [-0.4, -0.2) is 37.7 Å². The van der Waals surface area contributed by atoms with Gasteiger partial charge in [-0.15, -0.1) is 0 Å². The van der Waals surface area contributed by atoms with Crippen molar-refractivity contribution in [2.45, 2.75) is 26.3 Å². The van der Waals surface area contributed by atoms with Crippen LogP contribution < -0.4 is 10.1 Å². The van der Waals surface area contributed by atoms with E-state index in [-0.39, 0.29) is 0 Å². The molecule has 0 amide bonds. The van der Waals surface area contributed by atoms with Crippen LogP contribution in [0.1, 0.15) is 31.9 Å². The van der Waals surface area contributed by atoms with Gasteiger partial charge < -0.3 is 10.1 Å². The average Bonchev–Trinajstić information content (AvgIpc) is 2.58. The monoisotopic (exact) mass is 298 g/mol. The number of hydrogen-bond donors (Lipinski definition) is 1. The first-order valence-electron chi connectivity index (χ1n) is 8.44. The number of fused-ring (bicyclic) bond motifs is 1. The lowest BCUT2D eigenvalue weighted by atomic mass is 9.94. The summed E-state index contributed by atoms with van der Waals surface area (Å²) in [6, 6.07) is 13.4. The summed E-state index contributed by atoms with van der Waals surface area (Å²) >= 11 is 0. The summed E-state index contributed by atoms with van der Waals surface area (Å²) in [7, 11) is 0. The van der Waals surface area contributed by atoms with Crippen LogP contribution in [0.3, 0.4) is 0 Å². The lowest BCUT2D eigenvalue weighted by Gasteiger charge is -2.36. The van der Waals surface area contributed by atoms with Gasteiger partial charge in [0.15, 0.2) is 0 Å². The maximum absolute atomic E-state index is 5.98. The van der Waals surface area contributed by atoms with E-state index in [2.05, 4.69) is 60.5 Å². The highest BCUT2D eigenvalue weighted by Crippen LogP contribution is 2.37. The first kappa shape index (κ1) is 15.3. The first-order valence-corrected chi connectivity index (χ1v) is 8.44. The number of hydrogen-bond acceptors (Lipinski definition) is 3. The van der Waals surface area contributed by atoms with E-state index in [0.29, 0.717) is 12.6 Å². The zero-order valence-electron chi connectivity index (χ0n) is 13.6. The topological polar surface area (TPSA) is 24.5 Å². The highest BCUT2D eigenvalue weighted by Gasteiger charge is 2.25. The van der Waals surface area contributed by atoms with Gasteiger partial charge in [-0.05, 0) is 30.2 Å². The van der Waals surface area contributed by atoms with Crippen molar-refractivity contribution in [1.82, 2.24) is 10.2 Å². The highest BCUT2D eigenvalue weighted by molar-refractivity contribution is 5.88. The van der Waals surface area contributed by atoms with Crippen LogP contribution in [-0.2, 0) is 0 Å². The molecule has 118 valence electrons. The number of ether oxygens (including phenoxy) is 1. The van der Waals surface area contributed by atoms with Crippen molar-refractivity contribution in [2.75, 3.05) is 32.8 Å². The molecule has 22 heavy (non-hydrogen) atoms. The Morgan fingerprint density at radius 2 is 1.86 bits per heavy atom. The number of rotatable bonds is 5. The minimum Gasteiger partial charge on any atom is -0.494 e. The van der Waals surface area contributed by atoms with Crippen molar-refractivity contribution in [2.24, 2.45) is 0 Å². The van der Waals surface area contributed by atoms with Gasteiger partial charge in [0.25, 0.3) is 0 Å². The van der Waals surface area contributed by atoms with Gasteiger partial charge in [-0.2, -0.15) is 0 Å². The maximum Gasteiger partial charge on any atom is 0.124 e. The van der Waals surface area contributed by atoms with Crippen molar-refractivity contribution >= 4 is 10.8 Å². The molecule has 0 unspecified atom stereocenters. The molecule has 1 aliphatic heterocycles. The molecule has 2 aromatic carbocycles. The van der Waals surface area contributed by atoms with Crippen LogP contribution >= 0.6 is 0 Å². The number of piperazine rings is 1. The summed E-state index contributed by atoms with van der Waals surface area (Å²) in [5.74, 6) is 1.05. The van der Waals surface area contributed by atoms with Crippen molar-refractivity contribution in [3.05, 3.63) is 42.0 Å². The van der Waals surface area contributed by atoms with Crippen LogP contribution in [0.25, 0.3) is 10.8 Å². The fourth-order valence-corrected chi connectivity index (χ4v) is 3.54. The van der Waals surface area contributed by atoms with E-state index in [4.69, 9.17) is 4.74 Å². The summed E-state index contributed by atoms with van der Waals surface area (Å²) in [6.07, 6.45) is 1.11. The number of nitrogens with zero attached hydrogens (tertiary/aromatic N) is 1. The molecule has 0 aliphatic carbocycles. The lowest BCUT2D eigenvalue weighted by Crippen LogP contribution is -2.45. The molecule has 1 atom stereocenters. The summed E-state index contributed by atoms with van der Waals surface area (Å²) in [4.78, 5) is 2.60. The molecule has 1 saturated heterocycles. The smallest absolute Gasteiger partial charge is 0.124 e. The van der Waals surface area contributed by atoms with E-state index in [1.54, 1.807) is 0 Å². The van der Waals surface area contributed by atoms with Crippen LogP contribution in [0, 0.1) is 0 Å². The Balaban J connectivity index is 2.09. The molecule has 1 N–H and O–H groups in total. The molecule has 0 spiro atoms. The molecule has 0 bridgehead atoms. The van der Waals surface area contributed by atoms with Crippen LogP contribution in [0.15, 0.2) is 36.4 Å². The third-order valence-electron chi connectivity index (χ3n) is 4.54.